The van der Waals surface area contributed by atoms with E-state index >= 15 is 0 Å². The van der Waals surface area contributed by atoms with E-state index in [4.69, 9.17) is 23.2 Å². The van der Waals surface area contributed by atoms with Gasteiger partial charge in [-0.3, -0.25) is 0 Å². The number of rotatable bonds is 4. The molecular formula is C14H21Cl2N3. The van der Waals surface area contributed by atoms with Gasteiger partial charge in [0.2, 0.25) is 0 Å². The molecule has 0 spiro atoms. The summed E-state index contributed by atoms with van der Waals surface area (Å²) in [5, 5.41) is 7.46. The summed E-state index contributed by atoms with van der Waals surface area (Å²) in [4.78, 5) is 4.41. The Bertz CT molecular complexity index is 437. The predicted molar refractivity (Wildman–Crippen MR) is 83.4 cm³/mol. The van der Waals surface area contributed by atoms with Gasteiger partial charge in [-0.25, -0.2) is 4.98 Å². The fourth-order valence-electron chi connectivity index (χ4n) is 2.69. The van der Waals surface area contributed by atoms with Crippen molar-refractivity contribution in [1.82, 2.24) is 4.98 Å². The summed E-state index contributed by atoms with van der Waals surface area (Å²) in [5.41, 5.74) is 0. The second kappa shape index (κ2) is 6.67. The number of hydrogen-bond acceptors (Lipinski definition) is 3. The first-order chi connectivity index (χ1) is 9.11. The maximum atomic E-state index is 6.18. The molecular weight excluding hydrogens is 281 g/mol. The van der Waals surface area contributed by atoms with Gasteiger partial charge in [0.05, 0.1) is 10.0 Å². The molecule has 1 aromatic heterocycles. The first kappa shape index (κ1) is 14.7. The molecule has 2 atom stereocenters. The third-order valence-corrected chi connectivity index (χ3v) is 4.56. The van der Waals surface area contributed by atoms with Crippen molar-refractivity contribution >= 4 is 34.8 Å². The quantitative estimate of drug-likeness (QED) is 0.848. The van der Waals surface area contributed by atoms with Crippen LogP contribution in [0.25, 0.3) is 0 Å². The van der Waals surface area contributed by atoms with Gasteiger partial charge >= 0.3 is 0 Å². The highest BCUT2D eigenvalue weighted by Gasteiger charge is 2.21. The van der Waals surface area contributed by atoms with E-state index in [9.17, 15) is 0 Å². The lowest BCUT2D eigenvalue weighted by Gasteiger charge is -2.29. The smallest absolute Gasteiger partial charge is 0.147 e. The van der Waals surface area contributed by atoms with E-state index in [1.54, 1.807) is 13.1 Å². The Hall–Kier alpha value is -0.670. The van der Waals surface area contributed by atoms with Crippen LogP contribution >= 0.6 is 23.2 Å². The maximum absolute atomic E-state index is 6.18. The van der Waals surface area contributed by atoms with Crippen LogP contribution in [0.1, 0.15) is 32.6 Å². The minimum absolute atomic E-state index is 0.545. The highest BCUT2D eigenvalue weighted by molar-refractivity contribution is 6.37. The molecule has 19 heavy (non-hydrogen) atoms. The number of anilines is 2. The van der Waals surface area contributed by atoms with Crippen LogP contribution in [0.15, 0.2) is 6.07 Å². The van der Waals surface area contributed by atoms with Crippen molar-refractivity contribution in [3.63, 3.8) is 0 Å². The summed E-state index contributed by atoms with van der Waals surface area (Å²) in [7, 11) is 1.80. The average molecular weight is 302 g/mol. The standard InChI is InChI=1S/C14H21Cl2N3/c1-9-5-3-4-6-10(9)8-18-14-12(16)7-11(15)13(17-2)19-14/h7,9-10H,3-6,8H2,1-2H3,(H2,17,18,19). The summed E-state index contributed by atoms with van der Waals surface area (Å²) < 4.78 is 0. The Balaban J connectivity index is 2.02. The van der Waals surface area contributed by atoms with Gasteiger partial charge < -0.3 is 10.6 Å². The minimum atomic E-state index is 0.545. The Morgan fingerprint density at radius 1 is 1.21 bits per heavy atom. The van der Waals surface area contributed by atoms with E-state index in [0.717, 1.165) is 12.5 Å². The zero-order valence-electron chi connectivity index (χ0n) is 11.5. The number of halogens is 2. The van der Waals surface area contributed by atoms with Gasteiger partial charge in [-0.2, -0.15) is 0 Å². The number of aromatic nitrogens is 1. The van der Waals surface area contributed by atoms with Crippen molar-refractivity contribution in [3.8, 4) is 0 Å². The fourth-order valence-corrected chi connectivity index (χ4v) is 3.21. The van der Waals surface area contributed by atoms with Crippen LogP contribution in [0.3, 0.4) is 0 Å². The Labute approximate surface area is 125 Å². The molecule has 5 heteroatoms. The lowest BCUT2D eigenvalue weighted by Crippen LogP contribution is -2.24. The summed E-state index contributed by atoms with van der Waals surface area (Å²) in [5.74, 6) is 2.86. The van der Waals surface area contributed by atoms with E-state index in [1.807, 2.05) is 0 Å². The van der Waals surface area contributed by atoms with Crippen LogP contribution in [0.4, 0.5) is 11.6 Å². The van der Waals surface area contributed by atoms with E-state index in [1.165, 1.54) is 25.7 Å². The third kappa shape index (κ3) is 3.67. The molecule has 0 saturated heterocycles. The van der Waals surface area contributed by atoms with Crippen molar-refractivity contribution in [2.75, 3.05) is 24.2 Å². The molecule has 0 amide bonds. The average Bonchev–Trinajstić information content (AvgIpc) is 2.39. The van der Waals surface area contributed by atoms with Crippen molar-refractivity contribution < 1.29 is 0 Å². The van der Waals surface area contributed by atoms with Crippen molar-refractivity contribution in [3.05, 3.63) is 16.1 Å². The molecule has 1 aromatic rings. The van der Waals surface area contributed by atoms with Crippen molar-refractivity contribution in [2.45, 2.75) is 32.6 Å². The van der Waals surface area contributed by atoms with Gasteiger partial charge in [0.1, 0.15) is 11.6 Å². The lowest BCUT2D eigenvalue weighted by atomic mass is 9.80. The first-order valence-corrected chi connectivity index (χ1v) is 7.65. The molecule has 3 nitrogen and oxygen atoms in total. The highest BCUT2D eigenvalue weighted by Crippen LogP contribution is 2.32. The van der Waals surface area contributed by atoms with Gasteiger partial charge in [-0.05, 0) is 24.3 Å². The molecule has 0 aromatic carbocycles. The molecule has 0 aliphatic heterocycles. The van der Waals surface area contributed by atoms with E-state index in [0.29, 0.717) is 27.6 Å². The normalized spacial score (nSPS) is 23.2. The minimum Gasteiger partial charge on any atom is -0.372 e. The SMILES string of the molecule is CNc1nc(NCC2CCCCC2C)c(Cl)cc1Cl. The molecule has 2 unspecified atom stereocenters. The topological polar surface area (TPSA) is 37.0 Å². The molecule has 1 saturated carbocycles. The zero-order chi connectivity index (χ0) is 13.8. The molecule has 106 valence electrons. The second-order valence-electron chi connectivity index (χ2n) is 5.30. The van der Waals surface area contributed by atoms with Crippen molar-refractivity contribution in [1.29, 1.82) is 0 Å². The van der Waals surface area contributed by atoms with Gasteiger partial charge in [-0.1, -0.05) is 49.4 Å². The second-order valence-corrected chi connectivity index (χ2v) is 6.12. The van der Waals surface area contributed by atoms with E-state index < -0.39 is 0 Å². The van der Waals surface area contributed by atoms with Crippen LogP contribution < -0.4 is 10.6 Å². The van der Waals surface area contributed by atoms with Gasteiger partial charge in [0.15, 0.2) is 0 Å². The van der Waals surface area contributed by atoms with Gasteiger partial charge in [0.25, 0.3) is 0 Å². The van der Waals surface area contributed by atoms with Crippen LogP contribution in [0.5, 0.6) is 0 Å². The number of nitrogens with zero attached hydrogens (tertiary/aromatic N) is 1. The molecule has 1 aliphatic carbocycles. The van der Waals surface area contributed by atoms with Crippen LogP contribution in [0, 0.1) is 11.8 Å². The molecule has 1 aliphatic rings. The maximum Gasteiger partial charge on any atom is 0.147 e. The first-order valence-electron chi connectivity index (χ1n) is 6.89. The molecule has 0 radical (unpaired) electrons. The van der Waals surface area contributed by atoms with Gasteiger partial charge in [0, 0.05) is 13.6 Å². The number of nitrogens with one attached hydrogen (secondary N) is 2. The van der Waals surface area contributed by atoms with E-state index in [2.05, 4.69) is 22.5 Å². The van der Waals surface area contributed by atoms with Crippen molar-refractivity contribution in [2.24, 2.45) is 11.8 Å². The van der Waals surface area contributed by atoms with Crippen LogP contribution in [0.2, 0.25) is 10.0 Å². The summed E-state index contributed by atoms with van der Waals surface area (Å²) in [6.07, 6.45) is 5.32. The van der Waals surface area contributed by atoms with Gasteiger partial charge in [-0.15, -0.1) is 0 Å². The zero-order valence-corrected chi connectivity index (χ0v) is 13.0. The van der Waals surface area contributed by atoms with Crippen LogP contribution in [-0.2, 0) is 0 Å². The molecule has 1 fully saturated rings. The van der Waals surface area contributed by atoms with E-state index in [-0.39, 0.29) is 0 Å². The predicted octanol–water partition coefficient (Wildman–Crippen LogP) is 4.67. The number of pyridine rings is 1. The van der Waals surface area contributed by atoms with Crippen LogP contribution in [-0.4, -0.2) is 18.6 Å². The molecule has 2 N–H and O–H groups in total. The number of hydrogen-bond donors (Lipinski definition) is 2. The summed E-state index contributed by atoms with van der Waals surface area (Å²) in [6, 6.07) is 1.73. The monoisotopic (exact) mass is 301 g/mol. The lowest BCUT2D eigenvalue weighted by molar-refractivity contribution is 0.268. The molecule has 1 heterocycles. The Morgan fingerprint density at radius 2 is 1.89 bits per heavy atom. The highest BCUT2D eigenvalue weighted by atomic mass is 35.5. The third-order valence-electron chi connectivity index (χ3n) is 3.99. The Kier molecular flexibility index (Phi) is 5.17. The summed E-state index contributed by atoms with van der Waals surface area (Å²) >= 11 is 12.2. The fraction of sp³-hybridized carbons (Fsp3) is 0.643. The Morgan fingerprint density at radius 3 is 2.58 bits per heavy atom. The molecule has 2 rings (SSSR count). The molecule has 0 bridgehead atoms. The summed E-state index contributed by atoms with van der Waals surface area (Å²) in [6.45, 7) is 3.26. The largest absolute Gasteiger partial charge is 0.372 e.